The zero-order valence-electron chi connectivity index (χ0n) is 20.0. The molecule has 0 unspecified atom stereocenters. The van der Waals surface area contributed by atoms with E-state index in [1.165, 1.54) is 16.6 Å². The van der Waals surface area contributed by atoms with Crippen LogP contribution in [0.5, 0.6) is 5.75 Å². The number of pyridine rings is 1. The molecule has 1 aliphatic rings. The van der Waals surface area contributed by atoms with Crippen molar-refractivity contribution in [2.75, 3.05) is 12.4 Å². The molecule has 1 aliphatic carbocycles. The maximum absolute atomic E-state index is 13.8. The van der Waals surface area contributed by atoms with Crippen LogP contribution in [0.15, 0.2) is 63.8 Å². The van der Waals surface area contributed by atoms with Crippen molar-refractivity contribution >= 4 is 44.9 Å². The number of thiophene rings is 1. The summed E-state index contributed by atoms with van der Waals surface area (Å²) in [6.07, 6.45) is 6.32. The first-order valence-electron chi connectivity index (χ1n) is 11.7. The first-order chi connectivity index (χ1) is 17.5. The van der Waals surface area contributed by atoms with E-state index in [2.05, 4.69) is 15.5 Å². The minimum absolute atomic E-state index is 0.0594. The number of rotatable bonds is 8. The van der Waals surface area contributed by atoms with Gasteiger partial charge in [0.2, 0.25) is 0 Å². The Kier molecular flexibility index (Phi) is 7.15. The number of hydrogen-bond acceptors (Lipinski definition) is 8. The fraction of sp³-hybridized carbons (Fsp3) is 0.269. The van der Waals surface area contributed by atoms with Crippen LogP contribution in [0.2, 0.25) is 0 Å². The summed E-state index contributed by atoms with van der Waals surface area (Å²) in [4.78, 5) is 37.2. The Hall–Kier alpha value is -3.50. The number of fused-ring (bicyclic) bond motifs is 3. The summed E-state index contributed by atoms with van der Waals surface area (Å²) in [5, 5.41) is 5.35. The van der Waals surface area contributed by atoms with Gasteiger partial charge in [-0.25, -0.2) is 10.4 Å². The van der Waals surface area contributed by atoms with Crippen molar-refractivity contribution in [3.05, 3.63) is 75.1 Å². The summed E-state index contributed by atoms with van der Waals surface area (Å²) >= 11 is 2.80. The number of hydrogen-bond donors (Lipinski definition) is 1. The van der Waals surface area contributed by atoms with Gasteiger partial charge in [0.15, 0.2) is 5.16 Å². The third-order valence-corrected chi connectivity index (χ3v) is 8.00. The predicted molar refractivity (Wildman–Crippen MR) is 144 cm³/mol. The molecule has 1 aromatic carbocycles. The second kappa shape index (κ2) is 10.6. The molecule has 0 atom stereocenters. The Morgan fingerprint density at radius 2 is 2.08 bits per heavy atom. The molecule has 0 saturated carbocycles. The van der Waals surface area contributed by atoms with Gasteiger partial charge in [-0.1, -0.05) is 17.8 Å². The van der Waals surface area contributed by atoms with E-state index in [0.29, 0.717) is 28.5 Å². The average Bonchev–Trinajstić information content (AvgIpc) is 3.48. The van der Waals surface area contributed by atoms with Gasteiger partial charge in [0.1, 0.15) is 10.6 Å². The molecule has 0 radical (unpaired) electrons. The number of carbonyl (C=O) groups is 1. The van der Waals surface area contributed by atoms with Crippen LogP contribution in [0.1, 0.15) is 36.3 Å². The van der Waals surface area contributed by atoms with Gasteiger partial charge in [0.05, 0.1) is 29.1 Å². The first-order valence-corrected chi connectivity index (χ1v) is 13.5. The number of nitrogens with zero attached hydrogens (tertiary/aromatic N) is 4. The Morgan fingerprint density at radius 1 is 1.25 bits per heavy atom. The molecular formula is C26H25N5O3S2. The lowest BCUT2D eigenvalue weighted by atomic mass is 10.2. The number of carbonyl (C=O) groups excluding carboxylic acids is 1. The van der Waals surface area contributed by atoms with Gasteiger partial charge in [-0.2, -0.15) is 5.10 Å². The van der Waals surface area contributed by atoms with E-state index >= 15 is 0 Å². The highest BCUT2D eigenvalue weighted by Crippen LogP contribution is 2.36. The molecule has 10 heteroatoms. The molecule has 4 aromatic rings. The van der Waals surface area contributed by atoms with E-state index in [9.17, 15) is 9.59 Å². The molecular weight excluding hydrogens is 494 g/mol. The summed E-state index contributed by atoms with van der Waals surface area (Å²) in [5.41, 5.74) is 5.78. The normalized spacial score (nSPS) is 13.1. The van der Waals surface area contributed by atoms with Crippen molar-refractivity contribution in [3.63, 3.8) is 0 Å². The highest BCUT2D eigenvalue weighted by atomic mass is 32.2. The van der Waals surface area contributed by atoms with Gasteiger partial charge in [-0.05, 0) is 69.0 Å². The topological polar surface area (TPSA) is 98.5 Å². The Labute approximate surface area is 216 Å². The third-order valence-electron chi connectivity index (χ3n) is 5.87. The molecule has 184 valence electrons. The van der Waals surface area contributed by atoms with E-state index in [1.54, 1.807) is 35.2 Å². The minimum atomic E-state index is -0.287. The standard InChI is InChI=1S/C26H25N5O3S2/c1-3-34-19-11-9-18(10-12-19)31-25(33)23-20-7-4-8-21(20)36-24(23)28-26(31)35-15-22(32)30-29-16(2)17-6-5-13-27-14-17/h5-6,9-14H,3-4,7-8,15H2,1-2H3,(H,30,32). The SMILES string of the molecule is CCOc1ccc(-n2c(SCC(=O)NN=C(C)c3cccnc3)nc3sc4c(c3c2=O)CCC4)cc1. The zero-order valence-corrected chi connectivity index (χ0v) is 21.6. The molecule has 8 nitrogen and oxygen atoms in total. The van der Waals surface area contributed by atoms with Crippen molar-refractivity contribution in [2.45, 2.75) is 38.3 Å². The number of aryl methyl sites for hydroxylation is 2. The predicted octanol–water partition coefficient (Wildman–Crippen LogP) is 4.36. The molecule has 0 fully saturated rings. The van der Waals surface area contributed by atoms with Gasteiger partial charge >= 0.3 is 0 Å². The molecule has 0 saturated heterocycles. The minimum Gasteiger partial charge on any atom is -0.494 e. The van der Waals surface area contributed by atoms with Crippen molar-refractivity contribution in [2.24, 2.45) is 5.10 Å². The number of benzene rings is 1. The molecule has 1 amide bonds. The lowest BCUT2D eigenvalue weighted by molar-refractivity contribution is -0.118. The highest BCUT2D eigenvalue weighted by molar-refractivity contribution is 7.99. The fourth-order valence-corrected chi connectivity index (χ4v) is 6.26. The number of aromatic nitrogens is 3. The summed E-state index contributed by atoms with van der Waals surface area (Å²) in [7, 11) is 0. The first kappa shape index (κ1) is 24.2. The third kappa shape index (κ3) is 4.91. The summed E-state index contributed by atoms with van der Waals surface area (Å²) in [5.74, 6) is 0.504. The van der Waals surface area contributed by atoms with Crippen LogP contribution in [-0.4, -0.2) is 38.5 Å². The number of amides is 1. The Balaban J connectivity index is 1.44. The van der Waals surface area contributed by atoms with Gasteiger partial charge in [0.25, 0.3) is 11.5 Å². The summed E-state index contributed by atoms with van der Waals surface area (Å²) in [6, 6.07) is 11.1. The highest BCUT2D eigenvalue weighted by Gasteiger charge is 2.24. The van der Waals surface area contributed by atoms with Crippen LogP contribution < -0.4 is 15.7 Å². The van der Waals surface area contributed by atoms with E-state index in [0.717, 1.165) is 41.0 Å². The molecule has 0 aliphatic heterocycles. The van der Waals surface area contributed by atoms with Crippen LogP contribution in [0.4, 0.5) is 0 Å². The van der Waals surface area contributed by atoms with E-state index in [1.807, 2.05) is 43.3 Å². The maximum Gasteiger partial charge on any atom is 0.267 e. The monoisotopic (exact) mass is 519 g/mol. The number of hydrazone groups is 1. The van der Waals surface area contributed by atoms with Crippen molar-refractivity contribution < 1.29 is 9.53 Å². The number of nitrogens with one attached hydrogen (secondary N) is 1. The summed E-state index contributed by atoms with van der Waals surface area (Å²) < 4.78 is 7.16. The molecule has 3 aromatic heterocycles. The van der Waals surface area contributed by atoms with Crippen LogP contribution >= 0.6 is 23.1 Å². The van der Waals surface area contributed by atoms with Crippen molar-refractivity contribution in [3.8, 4) is 11.4 Å². The van der Waals surface area contributed by atoms with Crippen LogP contribution in [0, 0.1) is 0 Å². The Bertz CT molecular complexity index is 1490. The van der Waals surface area contributed by atoms with Gasteiger partial charge in [-0.3, -0.25) is 19.1 Å². The average molecular weight is 520 g/mol. The molecule has 3 heterocycles. The lowest BCUT2D eigenvalue weighted by Gasteiger charge is -2.13. The van der Waals surface area contributed by atoms with Crippen LogP contribution in [0.3, 0.4) is 0 Å². The molecule has 0 spiro atoms. The van der Waals surface area contributed by atoms with Gasteiger partial charge in [0, 0.05) is 22.8 Å². The van der Waals surface area contributed by atoms with Crippen molar-refractivity contribution in [1.29, 1.82) is 0 Å². The molecule has 36 heavy (non-hydrogen) atoms. The van der Waals surface area contributed by atoms with E-state index in [4.69, 9.17) is 9.72 Å². The van der Waals surface area contributed by atoms with Gasteiger partial charge in [-0.15, -0.1) is 11.3 Å². The quantitative estimate of drug-likeness (QED) is 0.161. The van der Waals surface area contributed by atoms with Gasteiger partial charge < -0.3 is 4.74 Å². The number of ether oxygens (including phenoxy) is 1. The van der Waals surface area contributed by atoms with Crippen LogP contribution in [0.25, 0.3) is 15.9 Å². The van der Waals surface area contributed by atoms with Crippen molar-refractivity contribution in [1.82, 2.24) is 20.0 Å². The summed E-state index contributed by atoms with van der Waals surface area (Å²) in [6.45, 7) is 4.29. The van der Waals surface area contributed by atoms with E-state index in [-0.39, 0.29) is 17.2 Å². The Morgan fingerprint density at radius 3 is 2.83 bits per heavy atom. The second-order valence-corrected chi connectivity index (χ2v) is 10.3. The second-order valence-electron chi connectivity index (χ2n) is 8.26. The molecule has 1 N–H and O–H groups in total. The smallest absolute Gasteiger partial charge is 0.267 e. The lowest BCUT2D eigenvalue weighted by Crippen LogP contribution is -2.24. The van der Waals surface area contributed by atoms with E-state index < -0.39 is 0 Å². The number of thioether (sulfide) groups is 1. The van der Waals surface area contributed by atoms with Crippen LogP contribution in [-0.2, 0) is 17.6 Å². The molecule has 0 bridgehead atoms. The fourth-order valence-electron chi connectivity index (χ4n) is 4.16. The molecule has 5 rings (SSSR count). The largest absolute Gasteiger partial charge is 0.494 e. The zero-order chi connectivity index (χ0) is 25.1. The maximum atomic E-state index is 13.8.